The van der Waals surface area contributed by atoms with E-state index in [0.717, 1.165) is 0 Å². The van der Waals surface area contributed by atoms with Gasteiger partial charge in [0.05, 0.1) is 5.69 Å². The van der Waals surface area contributed by atoms with Crippen LogP contribution in [0.1, 0.15) is 16.9 Å². The lowest BCUT2D eigenvalue weighted by atomic mass is 10.2. The Morgan fingerprint density at radius 3 is 3.00 bits per heavy atom. The highest BCUT2D eigenvalue weighted by molar-refractivity contribution is 6.03. The number of amides is 2. The molecule has 0 unspecified atom stereocenters. The summed E-state index contributed by atoms with van der Waals surface area (Å²) in [4.78, 5) is 25.2. The first-order chi connectivity index (χ1) is 6.27. The van der Waals surface area contributed by atoms with Crippen molar-refractivity contribution in [2.75, 3.05) is 11.9 Å². The largest absolute Gasteiger partial charge is 0.355 e. The Morgan fingerprint density at radius 1 is 1.31 bits per heavy atom. The van der Waals surface area contributed by atoms with Gasteiger partial charge in [-0.1, -0.05) is 0 Å². The van der Waals surface area contributed by atoms with Crippen molar-refractivity contribution >= 4 is 17.5 Å². The monoisotopic (exact) mass is 179 g/mol. The molecule has 2 rings (SSSR count). The Labute approximate surface area is 74.5 Å². The lowest BCUT2D eigenvalue weighted by Crippen LogP contribution is -2.31. The zero-order valence-electron chi connectivity index (χ0n) is 6.89. The molecule has 0 aliphatic carbocycles. The third-order valence-electron chi connectivity index (χ3n) is 1.89. The van der Waals surface area contributed by atoms with Gasteiger partial charge in [-0.15, -0.1) is 0 Å². The molecule has 0 atom stereocenters. The van der Waals surface area contributed by atoms with Crippen molar-refractivity contribution in [2.24, 2.45) is 0 Å². The van der Waals surface area contributed by atoms with Crippen LogP contribution >= 0.6 is 0 Å². The quantitative estimate of drug-likeness (QED) is 0.528. The summed E-state index contributed by atoms with van der Waals surface area (Å²) in [6.07, 6.45) is 1.94. The second-order valence-corrected chi connectivity index (χ2v) is 2.82. The van der Waals surface area contributed by atoms with Crippen molar-refractivity contribution < 1.29 is 9.59 Å². The van der Waals surface area contributed by atoms with Gasteiger partial charge in [-0.2, -0.15) is 0 Å². The molecule has 1 aromatic rings. The van der Waals surface area contributed by atoms with Crippen molar-refractivity contribution in [3.63, 3.8) is 0 Å². The van der Waals surface area contributed by atoms with Crippen molar-refractivity contribution in [1.29, 1.82) is 0 Å². The Kier molecular flexibility index (Phi) is 1.77. The maximum absolute atomic E-state index is 11.3. The highest BCUT2D eigenvalue weighted by Crippen LogP contribution is 2.14. The van der Waals surface area contributed by atoms with Crippen LogP contribution in [0.2, 0.25) is 0 Å². The standard InChI is InChI=1S/C8H9N3O2/c12-6-2-4-10-8(13)7-5(11-6)1-3-9-7/h1,3,9H,2,4H2,(H,10,13)(H,11,12). The Morgan fingerprint density at radius 2 is 2.15 bits per heavy atom. The van der Waals surface area contributed by atoms with E-state index in [4.69, 9.17) is 0 Å². The molecule has 5 heteroatoms. The van der Waals surface area contributed by atoms with Crippen LogP contribution in [0.4, 0.5) is 5.69 Å². The first-order valence-electron chi connectivity index (χ1n) is 4.03. The fraction of sp³-hybridized carbons (Fsp3) is 0.250. The first-order valence-corrected chi connectivity index (χ1v) is 4.03. The van der Waals surface area contributed by atoms with Crippen LogP contribution in [0.5, 0.6) is 0 Å². The molecule has 0 aromatic carbocycles. The molecular formula is C8H9N3O2. The zero-order valence-corrected chi connectivity index (χ0v) is 6.89. The molecule has 1 aliphatic heterocycles. The van der Waals surface area contributed by atoms with E-state index in [1.165, 1.54) is 0 Å². The predicted molar refractivity (Wildman–Crippen MR) is 46.4 cm³/mol. The van der Waals surface area contributed by atoms with Gasteiger partial charge in [-0.25, -0.2) is 0 Å². The molecule has 0 saturated heterocycles. The number of aromatic nitrogens is 1. The fourth-order valence-corrected chi connectivity index (χ4v) is 1.25. The van der Waals surface area contributed by atoms with Crippen LogP contribution in [0.25, 0.3) is 0 Å². The van der Waals surface area contributed by atoms with Crippen LogP contribution in [0.3, 0.4) is 0 Å². The minimum Gasteiger partial charge on any atom is -0.355 e. The third-order valence-corrected chi connectivity index (χ3v) is 1.89. The Balaban J connectivity index is 2.37. The summed E-state index contributed by atoms with van der Waals surface area (Å²) in [6.45, 7) is 0.378. The molecule has 0 radical (unpaired) electrons. The summed E-state index contributed by atoms with van der Waals surface area (Å²) in [5, 5.41) is 5.27. The van der Waals surface area contributed by atoms with E-state index < -0.39 is 0 Å². The Hall–Kier alpha value is -1.78. The van der Waals surface area contributed by atoms with Crippen LogP contribution < -0.4 is 10.6 Å². The number of nitrogens with one attached hydrogen (secondary N) is 3. The molecule has 2 amide bonds. The number of anilines is 1. The minimum atomic E-state index is -0.181. The van der Waals surface area contributed by atoms with Gasteiger partial charge in [0, 0.05) is 19.2 Å². The maximum atomic E-state index is 11.3. The van der Waals surface area contributed by atoms with Gasteiger partial charge in [0.25, 0.3) is 5.91 Å². The van der Waals surface area contributed by atoms with Gasteiger partial charge < -0.3 is 15.6 Å². The number of carbonyl (C=O) groups excluding carboxylic acids is 2. The van der Waals surface area contributed by atoms with Crippen LogP contribution in [0, 0.1) is 0 Å². The second-order valence-electron chi connectivity index (χ2n) is 2.82. The summed E-state index contributed by atoms with van der Waals surface area (Å²) < 4.78 is 0. The number of carbonyl (C=O) groups is 2. The highest BCUT2D eigenvalue weighted by atomic mass is 16.2. The molecule has 2 heterocycles. The number of fused-ring (bicyclic) bond motifs is 1. The molecule has 0 spiro atoms. The molecule has 0 fully saturated rings. The molecule has 5 nitrogen and oxygen atoms in total. The molecule has 68 valence electrons. The van der Waals surface area contributed by atoms with Gasteiger partial charge in [0.15, 0.2) is 0 Å². The van der Waals surface area contributed by atoms with E-state index in [0.29, 0.717) is 24.3 Å². The lowest BCUT2D eigenvalue weighted by molar-refractivity contribution is -0.116. The molecular weight excluding hydrogens is 170 g/mol. The van der Waals surface area contributed by atoms with Crippen LogP contribution in [-0.4, -0.2) is 23.3 Å². The van der Waals surface area contributed by atoms with E-state index >= 15 is 0 Å². The van der Waals surface area contributed by atoms with E-state index in [1.807, 2.05) is 0 Å². The molecule has 13 heavy (non-hydrogen) atoms. The van der Waals surface area contributed by atoms with Gasteiger partial charge in [-0.3, -0.25) is 9.59 Å². The van der Waals surface area contributed by atoms with Gasteiger partial charge in [0.1, 0.15) is 5.69 Å². The first kappa shape index (κ1) is 7.85. The van der Waals surface area contributed by atoms with E-state index in [1.54, 1.807) is 12.3 Å². The number of rotatable bonds is 0. The maximum Gasteiger partial charge on any atom is 0.269 e. The summed E-state index contributed by atoms with van der Waals surface area (Å²) in [6, 6.07) is 1.66. The number of H-pyrrole nitrogens is 1. The summed E-state index contributed by atoms with van der Waals surface area (Å²) in [5.74, 6) is -0.263. The van der Waals surface area contributed by atoms with E-state index in [9.17, 15) is 9.59 Å². The average Bonchev–Trinajstić information content (AvgIpc) is 2.49. The summed E-state index contributed by atoms with van der Waals surface area (Å²) >= 11 is 0. The number of aromatic amines is 1. The summed E-state index contributed by atoms with van der Waals surface area (Å²) in [5.41, 5.74) is 0.954. The molecule has 3 N–H and O–H groups in total. The average molecular weight is 179 g/mol. The topological polar surface area (TPSA) is 74.0 Å². The van der Waals surface area contributed by atoms with E-state index in [2.05, 4.69) is 15.6 Å². The van der Waals surface area contributed by atoms with Crippen molar-refractivity contribution in [1.82, 2.24) is 10.3 Å². The highest BCUT2D eigenvalue weighted by Gasteiger charge is 2.17. The molecule has 1 aliphatic rings. The predicted octanol–water partition coefficient (Wildman–Crippen LogP) is 0.0867. The van der Waals surface area contributed by atoms with Gasteiger partial charge in [0.2, 0.25) is 5.91 Å². The molecule has 0 bridgehead atoms. The molecule has 1 aromatic heterocycles. The SMILES string of the molecule is O=C1CCNC(=O)c2[nH]ccc2N1. The zero-order chi connectivity index (χ0) is 9.26. The summed E-state index contributed by atoms with van der Waals surface area (Å²) in [7, 11) is 0. The van der Waals surface area contributed by atoms with Crippen LogP contribution in [-0.2, 0) is 4.79 Å². The van der Waals surface area contributed by atoms with Crippen molar-refractivity contribution in [2.45, 2.75) is 6.42 Å². The van der Waals surface area contributed by atoms with E-state index in [-0.39, 0.29) is 11.8 Å². The molecule has 0 saturated carbocycles. The fourth-order valence-electron chi connectivity index (χ4n) is 1.25. The normalized spacial score (nSPS) is 16.6. The lowest BCUT2D eigenvalue weighted by Gasteiger charge is -2.11. The smallest absolute Gasteiger partial charge is 0.269 e. The van der Waals surface area contributed by atoms with Gasteiger partial charge in [-0.05, 0) is 6.07 Å². The third kappa shape index (κ3) is 1.40. The number of hydrogen-bond acceptors (Lipinski definition) is 2. The van der Waals surface area contributed by atoms with Crippen molar-refractivity contribution in [3.05, 3.63) is 18.0 Å². The van der Waals surface area contributed by atoms with Crippen LogP contribution in [0.15, 0.2) is 12.3 Å². The Bertz CT molecular complexity index is 356. The van der Waals surface area contributed by atoms with Gasteiger partial charge >= 0.3 is 0 Å². The minimum absolute atomic E-state index is 0.0825. The number of hydrogen-bond donors (Lipinski definition) is 3. The van der Waals surface area contributed by atoms with Crippen molar-refractivity contribution in [3.8, 4) is 0 Å². The second kappa shape index (κ2) is 2.93.